The normalized spacial score (nSPS) is 24.5. The van der Waals surface area contributed by atoms with Crippen molar-refractivity contribution in [2.75, 3.05) is 11.5 Å². The van der Waals surface area contributed by atoms with E-state index in [4.69, 9.17) is 0 Å². The van der Waals surface area contributed by atoms with Crippen molar-refractivity contribution in [2.24, 2.45) is 5.92 Å². The number of fused-ring (bicyclic) bond motifs is 1. The first-order valence-electron chi connectivity index (χ1n) is 13.2. The molecule has 7 nitrogen and oxygen atoms in total. The third-order valence-electron chi connectivity index (χ3n) is 8.10. The number of aromatic nitrogens is 3. The van der Waals surface area contributed by atoms with Crippen molar-refractivity contribution in [1.82, 2.24) is 19.4 Å². The van der Waals surface area contributed by atoms with E-state index in [1.54, 1.807) is 4.57 Å². The van der Waals surface area contributed by atoms with E-state index in [9.17, 15) is 18.8 Å². The Hall–Kier alpha value is -2.16. The summed E-state index contributed by atoms with van der Waals surface area (Å²) < 4.78 is 17.1. The van der Waals surface area contributed by atoms with Crippen LogP contribution in [0.4, 0.5) is 4.39 Å². The molecule has 35 heavy (non-hydrogen) atoms. The van der Waals surface area contributed by atoms with E-state index in [0.717, 1.165) is 56.2 Å². The second-order valence-electron chi connectivity index (χ2n) is 10.5. The summed E-state index contributed by atoms with van der Waals surface area (Å²) in [6, 6.07) is 1.01. The van der Waals surface area contributed by atoms with Crippen LogP contribution in [0.25, 0.3) is 11.0 Å². The van der Waals surface area contributed by atoms with Gasteiger partial charge in [-0.3, -0.25) is 18.7 Å². The number of hydrogen-bond donors (Lipinski definition) is 1. The molecule has 2 saturated carbocycles. The summed E-state index contributed by atoms with van der Waals surface area (Å²) in [5.41, 5.74) is -0.496. The molecule has 3 fully saturated rings. The first-order valence-corrected chi connectivity index (χ1v) is 14.4. The van der Waals surface area contributed by atoms with Gasteiger partial charge in [-0.1, -0.05) is 19.3 Å². The van der Waals surface area contributed by atoms with Crippen molar-refractivity contribution >= 4 is 28.7 Å². The van der Waals surface area contributed by atoms with Crippen LogP contribution in [0.2, 0.25) is 0 Å². The molecule has 0 spiro atoms. The van der Waals surface area contributed by atoms with E-state index < -0.39 is 11.4 Å². The molecular weight excluding hydrogens is 467 g/mol. The number of rotatable bonds is 5. The minimum Gasteiger partial charge on any atom is -0.353 e. The minimum absolute atomic E-state index is 0.0357. The Morgan fingerprint density at radius 1 is 0.971 bits per heavy atom. The van der Waals surface area contributed by atoms with E-state index in [2.05, 4.69) is 10.3 Å². The lowest BCUT2D eigenvalue weighted by Crippen LogP contribution is -2.46. The van der Waals surface area contributed by atoms with Gasteiger partial charge in [-0.05, 0) is 74.9 Å². The maximum atomic E-state index is 14.1. The number of amides is 1. The van der Waals surface area contributed by atoms with E-state index in [0.29, 0.717) is 30.8 Å². The van der Waals surface area contributed by atoms with E-state index in [1.807, 2.05) is 11.8 Å². The average Bonchev–Trinajstić information content (AvgIpc) is 2.87. The first-order chi connectivity index (χ1) is 17.0. The van der Waals surface area contributed by atoms with Crippen molar-refractivity contribution < 1.29 is 9.18 Å². The molecule has 3 aliphatic rings. The highest BCUT2D eigenvalue weighted by atomic mass is 32.2. The number of hydrogen-bond acceptors (Lipinski definition) is 5. The number of thioether (sulfide) groups is 1. The number of carbonyl (C=O) groups is 1. The summed E-state index contributed by atoms with van der Waals surface area (Å²) >= 11 is 1.86. The van der Waals surface area contributed by atoms with Gasteiger partial charge in [0.2, 0.25) is 5.91 Å². The van der Waals surface area contributed by atoms with Gasteiger partial charge < -0.3 is 5.32 Å². The molecule has 0 aromatic carbocycles. The Morgan fingerprint density at radius 2 is 1.66 bits per heavy atom. The summed E-state index contributed by atoms with van der Waals surface area (Å²) in [6.45, 7) is 0. The smallest absolute Gasteiger partial charge is 0.333 e. The third kappa shape index (κ3) is 5.34. The largest absolute Gasteiger partial charge is 0.353 e. The lowest BCUT2D eigenvalue weighted by atomic mass is 9.86. The molecule has 2 aliphatic carbocycles. The summed E-state index contributed by atoms with van der Waals surface area (Å²) in [4.78, 5) is 43.8. The second-order valence-corrected chi connectivity index (χ2v) is 11.7. The molecule has 2 aromatic rings. The molecule has 3 heterocycles. The van der Waals surface area contributed by atoms with Gasteiger partial charge in [0.25, 0.3) is 5.56 Å². The Bertz CT molecular complexity index is 1180. The van der Waals surface area contributed by atoms with Crippen molar-refractivity contribution in [1.29, 1.82) is 0 Å². The summed E-state index contributed by atoms with van der Waals surface area (Å²) in [5.74, 6) is 1.95. The predicted octanol–water partition coefficient (Wildman–Crippen LogP) is 4.34. The quantitative estimate of drug-likeness (QED) is 0.658. The number of pyridine rings is 1. The SMILES string of the molecule is O=C(CC1CCCCC1)N[C@H]1CC[C@@H](n2c(=O)c3cc(F)cnc3n(C3CCSCC3)c2=O)CC1. The molecule has 1 aliphatic heterocycles. The Morgan fingerprint density at radius 3 is 2.37 bits per heavy atom. The van der Waals surface area contributed by atoms with Crippen LogP contribution in [0, 0.1) is 11.7 Å². The maximum absolute atomic E-state index is 14.1. The summed E-state index contributed by atoms with van der Waals surface area (Å²) in [6.07, 6.45) is 12.1. The van der Waals surface area contributed by atoms with Crippen LogP contribution >= 0.6 is 11.8 Å². The molecule has 2 aromatic heterocycles. The standard InChI is InChI=1S/C26H35FN4O3S/c27-18-15-22-24(28-16-18)30(21-10-12-35-13-11-21)26(34)31(25(22)33)20-8-6-19(7-9-20)29-23(32)14-17-4-2-1-3-5-17/h15-17,19-21H,1-14H2,(H,29,32)/t19-,20+. The Labute approximate surface area is 208 Å². The fraction of sp³-hybridized carbons (Fsp3) is 0.692. The topological polar surface area (TPSA) is 86.0 Å². The van der Waals surface area contributed by atoms with Gasteiger partial charge in [0.15, 0.2) is 0 Å². The molecule has 0 radical (unpaired) electrons. The molecule has 1 saturated heterocycles. The van der Waals surface area contributed by atoms with Crippen LogP contribution in [-0.4, -0.2) is 37.6 Å². The van der Waals surface area contributed by atoms with Crippen LogP contribution in [-0.2, 0) is 4.79 Å². The zero-order valence-electron chi connectivity index (χ0n) is 20.2. The molecule has 1 N–H and O–H groups in total. The van der Waals surface area contributed by atoms with Gasteiger partial charge in [0.05, 0.1) is 11.6 Å². The van der Waals surface area contributed by atoms with E-state index in [1.165, 1.54) is 29.9 Å². The third-order valence-corrected chi connectivity index (χ3v) is 9.15. The van der Waals surface area contributed by atoms with Gasteiger partial charge in [-0.15, -0.1) is 0 Å². The predicted molar refractivity (Wildman–Crippen MR) is 136 cm³/mol. The highest BCUT2D eigenvalue weighted by Crippen LogP contribution is 2.31. The Balaban J connectivity index is 1.35. The highest BCUT2D eigenvalue weighted by molar-refractivity contribution is 7.99. The molecule has 9 heteroatoms. The number of nitrogens with zero attached hydrogens (tertiary/aromatic N) is 3. The summed E-state index contributed by atoms with van der Waals surface area (Å²) in [7, 11) is 0. The molecule has 0 atom stereocenters. The van der Waals surface area contributed by atoms with Gasteiger partial charge in [-0.25, -0.2) is 14.2 Å². The van der Waals surface area contributed by atoms with Crippen LogP contribution in [0.5, 0.6) is 0 Å². The number of nitrogens with one attached hydrogen (secondary N) is 1. The fourth-order valence-corrected chi connectivity index (χ4v) is 7.30. The molecule has 190 valence electrons. The minimum atomic E-state index is -0.574. The average molecular weight is 503 g/mol. The van der Waals surface area contributed by atoms with Gasteiger partial charge in [0.1, 0.15) is 11.5 Å². The van der Waals surface area contributed by atoms with Crippen molar-refractivity contribution in [3.63, 3.8) is 0 Å². The lowest BCUT2D eigenvalue weighted by Gasteiger charge is -2.32. The van der Waals surface area contributed by atoms with Crippen molar-refractivity contribution in [3.05, 3.63) is 38.9 Å². The second kappa shape index (κ2) is 10.8. The fourth-order valence-electron chi connectivity index (χ4n) is 6.22. The Kier molecular flexibility index (Phi) is 7.60. The van der Waals surface area contributed by atoms with Crippen LogP contribution in [0.15, 0.2) is 21.9 Å². The molecule has 1 amide bonds. The molecule has 5 rings (SSSR count). The monoisotopic (exact) mass is 502 g/mol. The molecular formula is C26H35FN4O3S. The number of carbonyl (C=O) groups excluding carboxylic acids is 1. The summed E-state index contributed by atoms with van der Waals surface area (Å²) in [5, 5.41) is 3.37. The maximum Gasteiger partial charge on any atom is 0.333 e. The molecule has 0 unspecified atom stereocenters. The van der Waals surface area contributed by atoms with Gasteiger partial charge in [-0.2, -0.15) is 11.8 Å². The number of halogens is 1. The zero-order valence-corrected chi connectivity index (χ0v) is 21.0. The van der Waals surface area contributed by atoms with E-state index >= 15 is 0 Å². The van der Waals surface area contributed by atoms with Crippen molar-refractivity contribution in [2.45, 2.75) is 95.2 Å². The van der Waals surface area contributed by atoms with Crippen molar-refractivity contribution in [3.8, 4) is 0 Å². The zero-order chi connectivity index (χ0) is 24.4. The first kappa shape index (κ1) is 24.5. The van der Waals surface area contributed by atoms with E-state index in [-0.39, 0.29) is 35.1 Å². The lowest BCUT2D eigenvalue weighted by molar-refractivity contribution is -0.123. The van der Waals surface area contributed by atoms with Crippen LogP contribution < -0.4 is 16.6 Å². The molecule has 0 bridgehead atoms. The van der Waals surface area contributed by atoms with Gasteiger partial charge in [0, 0.05) is 24.5 Å². The van der Waals surface area contributed by atoms with Crippen LogP contribution in [0.3, 0.4) is 0 Å². The van der Waals surface area contributed by atoms with Crippen LogP contribution in [0.1, 0.15) is 89.1 Å². The van der Waals surface area contributed by atoms with Gasteiger partial charge >= 0.3 is 5.69 Å². The highest BCUT2D eigenvalue weighted by Gasteiger charge is 2.30.